The van der Waals surface area contributed by atoms with Gasteiger partial charge in [-0.2, -0.15) is 0 Å². The number of nitrogens with zero attached hydrogens (tertiary/aromatic N) is 1. The van der Waals surface area contributed by atoms with Crippen LogP contribution >= 0.6 is 11.6 Å². The van der Waals surface area contributed by atoms with Gasteiger partial charge >= 0.3 is 0 Å². The number of benzene rings is 2. The molecule has 0 atom stereocenters. The largest absolute Gasteiger partial charge is 0.409 e. The molecule has 2 aromatic rings. The van der Waals surface area contributed by atoms with Crippen molar-refractivity contribution in [3.63, 3.8) is 0 Å². The third-order valence-electron chi connectivity index (χ3n) is 2.78. The van der Waals surface area contributed by atoms with E-state index in [4.69, 9.17) is 22.5 Å². The van der Waals surface area contributed by atoms with Gasteiger partial charge in [-0.3, -0.25) is 0 Å². The molecular formula is C14H12ClF2N3O. The highest BCUT2D eigenvalue weighted by Gasteiger charge is 2.06. The summed E-state index contributed by atoms with van der Waals surface area (Å²) in [5, 5.41) is 14.6. The van der Waals surface area contributed by atoms with Crippen molar-refractivity contribution in [3.8, 4) is 0 Å². The quantitative estimate of drug-likeness (QED) is 0.351. The molecule has 0 unspecified atom stereocenters. The highest BCUT2D eigenvalue weighted by Crippen LogP contribution is 2.23. The van der Waals surface area contributed by atoms with Gasteiger partial charge in [-0.05, 0) is 42.0 Å². The Morgan fingerprint density at radius 1 is 1.19 bits per heavy atom. The first-order valence-corrected chi connectivity index (χ1v) is 6.33. The summed E-state index contributed by atoms with van der Waals surface area (Å²) in [5.74, 6) is -1.14. The molecule has 7 heteroatoms. The van der Waals surface area contributed by atoms with Crippen molar-refractivity contribution in [1.29, 1.82) is 0 Å². The van der Waals surface area contributed by atoms with Crippen LogP contribution in [0.25, 0.3) is 0 Å². The van der Waals surface area contributed by atoms with E-state index in [1.165, 1.54) is 24.3 Å². The molecule has 21 heavy (non-hydrogen) atoms. The van der Waals surface area contributed by atoms with E-state index in [1.807, 2.05) is 0 Å². The molecular weight excluding hydrogens is 300 g/mol. The third-order valence-corrected chi connectivity index (χ3v) is 3.09. The average molecular weight is 312 g/mol. The second-order valence-electron chi connectivity index (χ2n) is 4.31. The number of halogens is 3. The van der Waals surface area contributed by atoms with E-state index < -0.39 is 11.6 Å². The van der Waals surface area contributed by atoms with E-state index in [0.717, 1.165) is 6.07 Å². The first kappa shape index (κ1) is 15.1. The molecule has 4 N–H and O–H groups in total. The van der Waals surface area contributed by atoms with Gasteiger partial charge in [0, 0.05) is 12.1 Å². The molecule has 0 aliphatic carbocycles. The predicted molar refractivity (Wildman–Crippen MR) is 77.6 cm³/mol. The van der Waals surface area contributed by atoms with Crippen LogP contribution in [-0.2, 0) is 6.54 Å². The topological polar surface area (TPSA) is 70.6 Å². The molecule has 0 heterocycles. The minimum atomic E-state index is -0.513. The molecule has 0 saturated carbocycles. The molecule has 0 amide bonds. The van der Waals surface area contributed by atoms with Crippen molar-refractivity contribution < 1.29 is 14.0 Å². The van der Waals surface area contributed by atoms with E-state index in [-0.39, 0.29) is 23.0 Å². The molecule has 0 spiro atoms. The van der Waals surface area contributed by atoms with Crippen LogP contribution in [0.15, 0.2) is 41.6 Å². The number of amidine groups is 1. The van der Waals surface area contributed by atoms with Crippen molar-refractivity contribution in [2.75, 3.05) is 5.32 Å². The fraction of sp³-hybridized carbons (Fsp3) is 0.0714. The fourth-order valence-corrected chi connectivity index (χ4v) is 2.02. The number of hydrogen-bond donors (Lipinski definition) is 3. The number of rotatable bonds is 4. The van der Waals surface area contributed by atoms with E-state index >= 15 is 0 Å². The fourth-order valence-electron chi connectivity index (χ4n) is 1.79. The summed E-state index contributed by atoms with van der Waals surface area (Å²) in [7, 11) is 0. The van der Waals surface area contributed by atoms with Gasteiger partial charge in [0.1, 0.15) is 11.6 Å². The normalized spacial score (nSPS) is 11.5. The van der Waals surface area contributed by atoms with Crippen LogP contribution in [0.5, 0.6) is 0 Å². The summed E-state index contributed by atoms with van der Waals surface area (Å²) in [6, 6.07) is 7.96. The number of nitrogens with two attached hydrogens (primary N) is 1. The van der Waals surface area contributed by atoms with Crippen LogP contribution < -0.4 is 11.1 Å². The SMILES string of the molecule is N/C(=N/O)c1cc(F)cc(CNc2ccc(F)cc2Cl)c1. The zero-order valence-corrected chi connectivity index (χ0v) is 11.5. The zero-order chi connectivity index (χ0) is 15.4. The molecule has 0 radical (unpaired) electrons. The van der Waals surface area contributed by atoms with Crippen LogP contribution in [-0.4, -0.2) is 11.0 Å². The monoisotopic (exact) mass is 311 g/mol. The number of oxime groups is 1. The molecule has 4 nitrogen and oxygen atoms in total. The van der Waals surface area contributed by atoms with Crippen LogP contribution in [0, 0.1) is 11.6 Å². The number of hydrogen-bond acceptors (Lipinski definition) is 3. The molecule has 0 aromatic heterocycles. The maximum atomic E-state index is 13.5. The molecule has 0 aliphatic rings. The van der Waals surface area contributed by atoms with Gasteiger partial charge < -0.3 is 16.3 Å². The Balaban J connectivity index is 2.18. The summed E-state index contributed by atoms with van der Waals surface area (Å²) in [6.45, 7) is 0.245. The molecule has 2 aromatic carbocycles. The number of nitrogens with one attached hydrogen (secondary N) is 1. The Morgan fingerprint density at radius 3 is 2.62 bits per heavy atom. The van der Waals surface area contributed by atoms with Crippen molar-refractivity contribution >= 4 is 23.1 Å². The Hall–Kier alpha value is -2.34. The van der Waals surface area contributed by atoms with Gasteiger partial charge in [-0.25, -0.2) is 8.78 Å². The van der Waals surface area contributed by atoms with E-state index in [1.54, 1.807) is 6.07 Å². The lowest BCUT2D eigenvalue weighted by Crippen LogP contribution is -2.14. The Bertz CT molecular complexity index is 692. The summed E-state index contributed by atoms with van der Waals surface area (Å²) >= 11 is 5.88. The predicted octanol–water partition coefficient (Wildman–Crippen LogP) is 3.32. The van der Waals surface area contributed by atoms with Gasteiger partial charge in [-0.15, -0.1) is 0 Å². The highest BCUT2D eigenvalue weighted by molar-refractivity contribution is 6.33. The molecule has 0 fully saturated rings. The third kappa shape index (κ3) is 3.82. The lowest BCUT2D eigenvalue weighted by Gasteiger charge is -2.10. The van der Waals surface area contributed by atoms with Crippen LogP contribution in [0.3, 0.4) is 0 Å². The van der Waals surface area contributed by atoms with Gasteiger partial charge in [-0.1, -0.05) is 16.8 Å². The lowest BCUT2D eigenvalue weighted by atomic mass is 10.1. The van der Waals surface area contributed by atoms with E-state index in [2.05, 4.69) is 10.5 Å². The smallest absolute Gasteiger partial charge is 0.170 e. The average Bonchev–Trinajstić information content (AvgIpc) is 2.45. The second-order valence-corrected chi connectivity index (χ2v) is 4.72. The standard InChI is InChI=1S/C14H12ClF2N3O/c15-12-6-10(16)1-2-13(12)19-7-8-3-9(14(18)20-21)5-11(17)4-8/h1-6,19,21H,7H2,(H2,18,20). The highest BCUT2D eigenvalue weighted by atomic mass is 35.5. The first-order valence-electron chi connectivity index (χ1n) is 5.96. The second kappa shape index (κ2) is 6.41. The van der Waals surface area contributed by atoms with Crippen LogP contribution in [0.4, 0.5) is 14.5 Å². The molecule has 2 rings (SSSR count). The van der Waals surface area contributed by atoms with Crippen LogP contribution in [0.2, 0.25) is 5.02 Å². The van der Waals surface area contributed by atoms with Crippen molar-refractivity contribution in [2.24, 2.45) is 10.9 Å². The lowest BCUT2D eigenvalue weighted by molar-refractivity contribution is 0.318. The van der Waals surface area contributed by atoms with Crippen molar-refractivity contribution in [2.45, 2.75) is 6.54 Å². The van der Waals surface area contributed by atoms with Crippen LogP contribution in [0.1, 0.15) is 11.1 Å². The zero-order valence-electron chi connectivity index (χ0n) is 10.8. The van der Waals surface area contributed by atoms with Crippen molar-refractivity contribution in [3.05, 3.63) is 64.2 Å². The molecule has 110 valence electrons. The maximum Gasteiger partial charge on any atom is 0.170 e. The van der Waals surface area contributed by atoms with E-state index in [9.17, 15) is 8.78 Å². The summed E-state index contributed by atoms with van der Waals surface area (Å²) in [5.41, 5.74) is 6.78. The number of anilines is 1. The minimum absolute atomic E-state index is 0.185. The Labute approximate surface area is 124 Å². The van der Waals surface area contributed by atoms with Gasteiger partial charge in [0.15, 0.2) is 5.84 Å². The molecule has 0 aliphatic heterocycles. The Morgan fingerprint density at radius 2 is 1.95 bits per heavy atom. The van der Waals surface area contributed by atoms with E-state index in [0.29, 0.717) is 11.3 Å². The summed E-state index contributed by atoms with van der Waals surface area (Å²) in [6.07, 6.45) is 0. The minimum Gasteiger partial charge on any atom is -0.409 e. The van der Waals surface area contributed by atoms with Gasteiger partial charge in [0.05, 0.1) is 10.7 Å². The Kier molecular flexibility index (Phi) is 4.59. The summed E-state index contributed by atoms with van der Waals surface area (Å²) in [4.78, 5) is 0. The maximum absolute atomic E-state index is 13.5. The van der Waals surface area contributed by atoms with Crippen molar-refractivity contribution in [1.82, 2.24) is 0 Å². The molecule has 0 bridgehead atoms. The van der Waals surface area contributed by atoms with Gasteiger partial charge in [0.25, 0.3) is 0 Å². The molecule has 0 saturated heterocycles. The summed E-state index contributed by atoms with van der Waals surface area (Å²) < 4.78 is 26.4. The first-order chi connectivity index (χ1) is 9.99. The van der Waals surface area contributed by atoms with Gasteiger partial charge in [0.2, 0.25) is 0 Å².